The molecule has 1 fully saturated rings. The first-order valence-electron chi connectivity index (χ1n) is 7.81. The quantitative estimate of drug-likeness (QED) is 0.697. The summed E-state index contributed by atoms with van der Waals surface area (Å²) in [5.74, 6) is 0.695. The van der Waals surface area contributed by atoms with Gasteiger partial charge in [0, 0.05) is 30.0 Å². The van der Waals surface area contributed by atoms with Crippen molar-refractivity contribution in [2.24, 2.45) is 4.36 Å². The minimum atomic E-state index is -2.58. The summed E-state index contributed by atoms with van der Waals surface area (Å²) in [5, 5.41) is 1.82. The summed E-state index contributed by atoms with van der Waals surface area (Å²) in [4.78, 5) is 26.4. The molecular weight excluding hydrogens is 396 g/mol. The molecule has 0 radical (unpaired) electrons. The van der Waals surface area contributed by atoms with E-state index < -0.39 is 33.9 Å². The van der Waals surface area contributed by atoms with Gasteiger partial charge in [0.05, 0.1) is 0 Å². The zero-order valence-corrected chi connectivity index (χ0v) is 16.8. The number of carbonyl (C=O) groups is 2. The predicted octanol–water partition coefficient (Wildman–Crippen LogP) is 1.58. The highest BCUT2D eigenvalue weighted by Crippen LogP contribution is 2.29. The van der Waals surface area contributed by atoms with E-state index in [0.29, 0.717) is 17.9 Å². The number of rotatable bonds is 5. The van der Waals surface area contributed by atoms with Gasteiger partial charge in [0.25, 0.3) is 0 Å². The van der Waals surface area contributed by atoms with Crippen molar-refractivity contribution < 1.29 is 18.0 Å². The van der Waals surface area contributed by atoms with Gasteiger partial charge in [-0.05, 0) is 19.5 Å². The largest absolute Gasteiger partial charge is 0.312 e. The first-order valence-corrected chi connectivity index (χ1v) is 10.8. The monoisotopic (exact) mass is 416 g/mol. The molecule has 1 aromatic carbocycles. The van der Waals surface area contributed by atoms with Gasteiger partial charge in [-0.25, -0.2) is 0 Å². The summed E-state index contributed by atoms with van der Waals surface area (Å²) < 4.78 is 28.5. The van der Waals surface area contributed by atoms with Gasteiger partial charge >= 0.3 is 15.7 Å². The molecule has 1 aliphatic rings. The molecule has 142 valence electrons. The number of benzene rings is 1. The standard InChI is InChI=1S/C15H20N4O4S3/c1-10-3-5-11(6-4-10)13(14(20)17-15(21)25-16-2)19-7-8-24-9-12(19)18-26(22)23/h3-6,12-13,16H,7-9H2,1-2H3,(H,17,20,21). The Labute approximate surface area is 162 Å². The van der Waals surface area contributed by atoms with Crippen LogP contribution < -0.4 is 10.0 Å². The van der Waals surface area contributed by atoms with Crippen LogP contribution in [0.15, 0.2) is 28.6 Å². The SMILES string of the molecule is CNSC(=O)NC(=O)C(c1ccc(C)cc1)N1CCSCC1N=S(=O)=O. The van der Waals surface area contributed by atoms with E-state index in [1.807, 2.05) is 31.2 Å². The zero-order chi connectivity index (χ0) is 19.1. The average molecular weight is 417 g/mol. The molecule has 2 atom stereocenters. The maximum absolute atomic E-state index is 12.8. The number of thioether (sulfide) groups is 1. The lowest BCUT2D eigenvalue weighted by Gasteiger charge is -2.37. The van der Waals surface area contributed by atoms with Crippen LogP contribution in [0, 0.1) is 6.92 Å². The number of aryl methyl sites for hydroxylation is 1. The van der Waals surface area contributed by atoms with Crippen LogP contribution in [-0.4, -0.2) is 55.7 Å². The Balaban J connectivity index is 2.38. The van der Waals surface area contributed by atoms with Crippen LogP contribution in [0.25, 0.3) is 0 Å². The highest BCUT2D eigenvalue weighted by molar-refractivity contribution is 8.11. The van der Waals surface area contributed by atoms with E-state index in [-0.39, 0.29) is 0 Å². The summed E-state index contributed by atoms with van der Waals surface area (Å²) >= 11 is 2.34. The van der Waals surface area contributed by atoms with Crippen molar-refractivity contribution in [2.45, 2.75) is 19.1 Å². The summed E-state index contributed by atoms with van der Waals surface area (Å²) in [5.41, 5.74) is 1.71. The average Bonchev–Trinajstić information content (AvgIpc) is 2.58. The topological polar surface area (TPSA) is 108 Å². The fraction of sp³-hybridized carbons (Fsp3) is 0.467. The van der Waals surface area contributed by atoms with Crippen LogP contribution in [0.2, 0.25) is 0 Å². The number of amides is 2. The predicted molar refractivity (Wildman–Crippen MR) is 103 cm³/mol. The lowest BCUT2D eigenvalue weighted by atomic mass is 10.0. The number of carbonyl (C=O) groups excluding carboxylic acids is 2. The van der Waals surface area contributed by atoms with Crippen LogP contribution in [0.4, 0.5) is 4.79 Å². The second-order valence-corrected chi connectivity index (χ2v) is 8.29. The molecule has 2 rings (SSSR count). The second-order valence-electron chi connectivity index (χ2n) is 5.51. The Bertz CT molecular complexity index is 775. The van der Waals surface area contributed by atoms with Crippen molar-refractivity contribution in [3.8, 4) is 0 Å². The molecule has 1 heterocycles. The van der Waals surface area contributed by atoms with Crippen molar-refractivity contribution in [2.75, 3.05) is 25.1 Å². The van der Waals surface area contributed by atoms with Gasteiger partial charge in [0.2, 0.25) is 5.91 Å². The van der Waals surface area contributed by atoms with Crippen LogP contribution in [0.3, 0.4) is 0 Å². The van der Waals surface area contributed by atoms with E-state index >= 15 is 0 Å². The van der Waals surface area contributed by atoms with Gasteiger partial charge in [-0.2, -0.15) is 24.5 Å². The molecule has 11 heteroatoms. The smallest absolute Gasteiger partial charge is 0.284 e. The molecule has 0 spiro atoms. The van der Waals surface area contributed by atoms with Gasteiger partial charge in [-0.15, -0.1) is 0 Å². The summed E-state index contributed by atoms with van der Waals surface area (Å²) in [6, 6.07) is 6.55. The molecule has 1 aromatic rings. The molecule has 8 nitrogen and oxygen atoms in total. The first kappa shape index (κ1) is 20.9. The van der Waals surface area contributed by atoms with E-state index in [9.17, 15) is 18.0 Å². The summed E-state index contributed by atoms with van der Waals surface area (Å²) in [6.07, 6.45) is -0.656. The van der Waals surface area contributed by atoms with E-state index in [0.717, 1.165) is 23.3 Å². The lowest BCUT2D eigenvalue weighted by Crippen LogP contribution is -2.49. The van der Waals surface area contributed by atoms with Gasteiger partial charge < -0.3 is 0 Å². The van der Waals surface area contributed by atoms with Crippen molar-refractivity contribution in [3.63, 3.8) is 0 Å². The molecule has 2 N–H and O–H groups in total. The number of nitrogens with zero attached hydrogens (tertiary/aromatic N) is 2. The van der Waals surface area contributed by atoms with Crippen LogP contribution >= 0.6 is 23.7 Å². The third kappa shape index (κ3) is 5.81. The van der Waals surface area contributed by atoms with Crippen LogP contribution in [0.1, 0.15) is 17.2 Å². The zero-order valence-electron chi connectivity index (χ0n) is 14.3. The molecule has 0 saturated carbocycles. The van der Waals surface area contributed by atoms with Gasteiger partial charge in [0.1, 0.15) is 12.2 Å². The molecule has 2 amide bonds. The Morgan fingerprint density at radius 3 is 2.65 bits per heavy atom. The Hall–Kier alpha value is -1.40. The fourth-order valence-corrected chi connectivity index (χ4v) is 4.43. The lowest BCUT2D eigenvalue weighted by molar-refractivity contribution is -0.126. The molecule has 0 aromatic heterocycles. The van der Waals surface area contributed by atoms with Gasteiger partial charge in [-0.1, -0.05) is 29.8 Å². The van der Waals surface area contributed by atoms with Gasteiger partial charge in [-0.3, -0.25) is 24.5 Å². The molecule has 26 heavy (non-hydrogen) atoms. The van der Waals surface area contributed by atoms with Crippen molar-refractivity contribution in [1.29, 1.82) is 0 Å². The Kier molecular flexibility index (Phi) is 8.10. The Morgan fingerprint density at radius 1 is 1.35 bits per heavy atom. The highest BCUT2D eigenvalue weighted by Gasteiger charge is 2.35. The molecule has 0 bridgehead atoms. The maximum atomic E-state index is 12.8. The third-order valence-electron chi connectivity index (χ3n) is 3.74. The minimum Gasteiger partial charge on any atom is -0.284 e. The van der Waals surface area contributed by atoms with Crippen molar-refractivity contribution in [3.05, 3.63) is 35.4 Å². The van der Waals surface area contributed by atoms with Crippen LogP contribution in [0.5, 0.6) is 0 Å². The Morgan fingerprint density at radius 2 is 2.04 bits per heavy atom. The van der Waals surface area contributed by atoms with E-state index in [4.69, 9.17) is 0 Å². The maximum Gasteiger partial charge on any atom is 0.312 e. The molecule has 1 saturated heterocycles. The van der Waals surface area contributed by atoms with Gasteiger partial charge in [0.15, 0.2) is 0 Å². The summed E-state index contributed by atoms with van der Waals surface area (Å²) in [6.45, 7) is 2.41. The third-order valence-corrected chi connectivity index (χ3v) is 5.66. The molecule has 2 unspecified atom stereocenters. The minimum absolute atomic E-state index is 0.461. The highest BCUT2D eigenvalue weighted by atomic mass is 32.2. The van der Waals surface area contributed by atoms with Crippen molar-refractivity contribution >= 4 is 45.4 Å². The normalized spacial score (nSPS) is 18.8. The second kappa shape index (κ2) is 10.1. The van der Waals surface area contributed by atoms with Crippen molar-refractivity contribution in [1.82, 2.24) is 14.9 Å². The van der Waals surface area contributed by atoms with E-state index in [2.05, 4.69) is 14.4 Å². The number of nitrogens with one attached hydrogen (secondary N) is 2. The molecule has 0 aliphatic carbocycles. The van der Waals surface area contributed by atoms with E-state index in [1.165, 1.54) is 0 Å². The number of imide groups is 1. The number of hydrogen-bond acceptors (Lipinski definition) is 9. The van der Waals surface area contributed by atoms with Crippen LogP contribution in [-0.2, 0) is 15.3 Å². The number of hydrogen-bond donors (Lipinski definition) is 2. The van der Waals surface area contributed by atoms with E-state index in [1.54, 1.807) is 23.7 Å². The first-order chi connectivity index (χ1) is 12.4. The molecular formula is C15H20N4O4S3. The molecule has 1 aliphatic heterocycles. The summed E-state index contributed by atoms with van der Waals surface area (Å²) in [7, 11) is -1.00. The fourth-order valence-electron chi connectivity index (χ4n) is 2.62.